The Balaban J connectivity index is 2.26. The predicted octanol–water partition coefficient (Wildman–Crippen LogP) is 2.48. The van der Waals surface area contributed by atoms with Gasteiger partial charge in [0.1, 0.15) is 0 Å². The van der Waals surface area contributed by atoms with E-state index < -0.39 is 11.6 Å². The van der Waals surface area contributed by atoms with Crippen LogP contribution in [0.3, 0.4) is 0 Å². The molecule has 2 rings (SSSR count). The van der Waals surface area contributed by atoms with Crippen LogP contribution in [0, 0.1) is 11.6 Å². The molecule has 0 saturated carbocycles. The van der Waals surface area contributed by atoms with Gasteiger partial charge in [-0.25, -0.2) is 0 Å². The Hall–Kier alpha value is -0.376. The van der Waals surface area contributed by atoms with Crippen LogP contribution in [0.1, 0.15) is 24.8 Å². The molecular formula is C12H13F2NTi+. The second kappa shape index (κ2) is 5.30. The van der Waals surface area contributed by atoms with Crippen molar-refractivity contribution >= 4 is 3.94 Å². The Morgan fingerprint density at radius 1 is 1.06 bits per heavy atom. The van der Waals surface area contributed by atoms with Crippen molar-refractivity contribution < 1.29 is 28.8 Å². The quantitative estimate of drug-likeness (QED) is 0.736. The summed E-state index contributed by atoms with van der Waals surface area (Å²) in [5, 5.41) is 0. The molecule has 0 N–H and O–H groups in total. The molecule has 0 spiro atoms. The van der Waals surface area contributed by atoms with E-state index in [1.807, 2.05) is 0 Å². The van der Waals surface area contributed by atoms with E-state index in [2.05, 4.69) is 4.90 Å². The van der Waals surface area contributed by atoms with Crippen molar-refractivity contribution in [1.82, 2.24) is 4.90 Å². The molecule has 16 heavy (non-hydrogen) atoms. The zero-order valence-electron chi connectivity index (χ0n) is 8.97. The topological polar surface area (TPSA) is 3.24 Å². The molecular weight excluding hydrogens is 244 g/mol. The molecule has 1 aliphatic heterocycles. The first-order valence-corrected chi connectivity index (χ1v) is 6.26. The zero-order valence-corrected chi connectivity index (χ0v) is 10.5. The third kappa shape index (κ3) is 2.47. The monoisotopic (exact) mass is 257 g/mol. The van der Waals surface area contributed by atoms with Crippen molar-refractivity contribution in [3.05, 3.63) is 35.4 Å². The van der Waals surface area contributed by atoms with Crippen molar-refractivity contribution in [3.63, 3.8) is 0 Å². The van der Waals surface area contributed by atoms with Crippen LogP contribution in [0.4, 0.5) is 8.78 Å². The van der Waals surface area contributed by atoms with Crippen LogP contribution in [0.15, 0.2) is 18.2 Å². The SMILES string of the molecule is Fc1cccc(F)c1[C](=[Ti+])N1CCCCC1. The Labute approximate surface area is 105 Å². The molecule has 1 aromatic rings. The van der Waals surface area contributed by atoms with Gasteiger partial charge in [-0.15, -0.1) is 0 Å². The summed E-state index contributed by atoms with van der Waals surface area (Å²) in [6.45, 7) is 1.80. The molecule has 0 aliphatic carbocycles. The average molecular weight is 257 g/mol. The van der Waals surface area contributed by atoms with Gasteiger partial charge >= 0.3 is 105 Å². The summed E-state index contributed by atoms with van der Waals surface area (Å²) < 4.78 is 27.9. The number of hydrogen-bond acceptors (Lipinski definition) is 1. The Kier molecular flexibility index (Phi) is 4.01. The van der Waals surface area contributed by atoms with E-state index in [0.717, 1.165) is 29.9 Å². The number of hydrogen-bond donors (Lipinski definition) is 0. The van der Waals surface area contributed by atoms with Crippen LogP contribution in [0.5, 0.6) is 0 Å². The van der Waals surface area contributed by atoms with E-state index >= 15 is 0 Å². The van der Waals surface area contributed by atoms with Gasteiger partial charge in [-0.2, -0.15) is 0 Å². The predicted molar refractivity (Wildman–Crippen MR) is 55.9 cm³/mol. The molecule has 1 nitrogen and oxygen atoms in total. The maximum atomic E-state index is 13.6. The molecule has 0 amide bonds. The van der Waals surface area contributed by atoms with Gasteiger partial charge in [0, 0.05) is 0 Å². The molecule has 0 atom stereocenters. The zero-order chi connectivity index (χ0) is 11.5. The first-order valence-electron chi connectivity index (χ1n) is 5.48. The summed E-state index contributed by atoms with van der Waals surface area (Å²) in [6.07, 6.45) is 3.42. The summed E-state index contributed by atoms with van der Waals surface area (Å²) in [4.78, 5) is 2.07. The number of piperidine rings is 1. The number of likely N-dealkylation sites (tertiary alicyclic amines) is 1. The third-order valence-corrected chi connectivity index (χ3v) is 3.76. The fourth-order valence-electron chi connectivity index (χ4n) is 2.00. The molecule has 1 aromatic carbocycles. The minimum atomic E-state index is -0.469. The van der Waals surface area contributed by atoms with Crippen LogP contribution < -0.4 is 0 Å². The van der Waals surface area contributed by atoms with E-state index in [-0.39, 0.29) is 5.56 Å². The molecule has 0 unspecified atom stereocenters. The molecule has 1 fully saturated rings. The maximum absolute atomic E-state index is 13.6. The molecule has 83 valence electrons. The Morgan fingerprint density at radius 2 is 1.62 bits per heavy atom. The number of benzene rings is 1. The first-order chi connectivity index (χ1) is 7.70. The van der Waals surface area contributed by atoms with Crippen LogP contribution >= 0.6 is 0 Å². The number of rotatable bonds is 2. The van der Waals surface area contributed by atoms with Gasteiger partial charge in [0.25, 0.3) is 0 Å². The summed E-state index contributed by atoms with van der Waals surface area (Å²) >= 11 is 1.80. The second-order valence-electron chi connectivity index (χ2n) is 3.99. The molecule has 1 heterocycles. The fourth-order valence-corrected chi connectivity index (χ4v) is 2.72. The fraction of sp³-hybridized carbons (Fsp3) is 0.417. The summed E-state index contributed by atoms with van der Waals surface area (Å²) in [6, 6.07) is 4.02. The molecule has 0 aromatic heterocycles. The number of halogens is 2. The van der Waals surface area contributed by atoms with Crippen molar-refractivity contribution in [2.75, 3.05) is 13.1 Å². The van der Waals surface area contributed by atoms with E-state index in [4.69, 9.17) is 0 Å². The van der Waals surface area contributed by atoms with Crippen LogP contribution in [0.2, 0.25) is 0 Å². The summed E-state index contributed by atoms with van der Waals surface area (Å²) in [7, 11) is 0. The van der Waals surface area contributed by atoms with Gasteiger partial charge in [-0.3, -0.25) is 0 Å². The van der Waals surface area contributed by atoms with E-state index in [1.54, 1.807) is 20.0 Å². The molecule has 1 aliphatic rings. The molecule has 0 radical (unpaired) electrons. The minimum absolute atomic E-state index is 0.129. The molecule has 1 saturated heterocycles. The van der Waals surface area contributed by atoms with E-state index in [0.29, 0.717) is 0 Å². The van der Waals surface area contributed by atoms with Crippen molar-refractivity contribution in [2.24, 2.45) is 0 Å². The molecule has 0 bridgehead atoms. The standard InChI is InChI=1S/C12H13F2N.Ti/c13-11-5-4-6-12(14)10(11)9-15-7-2-1-3-8-15;/h4-6H,1-3,7-8H2;/q;+1. The summed E-state index contributed by atoms with van der Waals surface area (Å²) in [5.41, 5.74) is 0.129. The van der Waals surface area contributed by atoms with Crippen LogP contribution in [0.25, 0.3) is 0 Å². The van der Waals surface area contributed by atoms with Crippen LogP contribution in [-0.4, -0.2) is 21.9 Å². The van der Waals surface area contributed by atoms with Crippen molar-refractivity contribution in [2.45, 2.75) is 19.3 Å². The van der Waals surface area contributed by atoms with Crippen molar-refractivity contribution in [3.8, 4) is 0 Å². The van der Waals surface area contributed by atoms with E-state index in [9.17, 15) is 8.78 Å². The summed E-state index contributed by atoms with van der Waals surface area (Å²) in [5.74, 6) is -0.939. The van der Waals surface area contributed by atoms with Crippen molar-refractivity contribution in [1.29, 1.82) is 0 Å². The average Bonchev–Trinajstić information content (AvgIpc) is 2.30. The van der Waals surface area contributed by atoms with Crippen LogP contribution in [-0.2, 0) is 20.0 Å². The Morgan fingerprint density at radius 3 is 2.19 bits per heavy atom. The van der Waals surface area contributed by atoms with Gasteiger partial charge in [0.15, 0.2) is 0 Å². The van der Waals surface area contributed by atoms with Gasteiger partial charge in [-0.1, -0.05) is 0 Å². The first kappa shape index (κ1) is 12.1. The Bertz CT molecular complexity index is 380. The van der Waals surface area contributed by atoms with E-state index in [1.165, 1.54) is 24.6 Å². The number of nitrogens with zero attached hydrogens (tertiary/aromatic N) is 1. The van der Waals surface area contributed by atoms with Gasteiger partial charge in [-0.05, 0) is 0 Å². The van der Waals surface area contributed by atoms with Gasteiger partial charge < -0.3 is 0 Å². The van der Waals surface area contributed by atoms with Gasteiger partial charge in [0.2, 0.25) is 0 Å². The normalized spacial score (nSPS) is 17.5. The molecule has 4 heteroatoms. The second-order valence-corrected chi connectivity index (χ2v) is 4.73. The van der Waals surface area contributed by atoms with Gasteiger partial charge in [0.05, 0.1) is 0 Å². The third-order valence-electron chi connectivity index (χ3n) is 2.87.